The second-order valence-electron chi connectivity index (χ2n) is 4.08. The Morgan fingerprint density at radius 1 is 1.25 bits per heavy atom. The third-order valence-corrected chi connectivity index (χ3v) is 2.90. The van der Waals surface area contributed by atoms with Crippen molar-refractivity contribution in [2.45, 2.75) is 13.5 Å². The molecule has 2 rings (SSSR count). The van der Waals surface area contributed by atoms with Crippen molar-refractivity contribution in [2.75, 3.05) is 17.2 Å². The lowest BCUT2D eigenvalue weighted by molar-refractivity contribution is 1.05. The van der Waals surface area contributed by atoms with E-state index in [1.54, 1.807) is 18.3 Å². The van der Waals surface area contributed by atoms with Crippen molar-refractivity contribution in [3.63, 3.8) is 0 Å². The predicted octanol–water partition coefficient (Wildman–Crippen LogP) is 3.05. The van der Waals surface area contributed by atoms with Crippen LogP contribution in [0.4, 0.5) is 11.8 Å². The molecule has 0 aliphatic heterocycles. The van der Waals surface area contributed by atoms with Crippen LogP contribution in [0.2, 0.25) is 5.02 Å². The molecule has 0 amide bonds. The molecular formula is C14H14ClN5. The van der Waals surface area contributed by atoms with Gasteiger partial charge in [0.15, 0.2) is 5.82 Å². The average molecular weight is 288 g/mol. The molecule has 1 heterocycles. The molecule has 6 heteroatoms. The molecule has 0 unspecified atom stereocenters. The summed E-state index contributed by atoms with van der Waals surface area (Å²) >= 11 is 6.05. The summed E-state index contributed by atoms with van der Waals surface area (Å²) in [5, 5.41) is 15.4. The second kappa shape index (κ2) is 6.73. The molecular weight excluding hydrogens is 274 g/mol. The maximum atomic E-state index is 8.75. The number of halogens is 1. The SMILES string of the molecule is CCNc1ncc(Cl)c(NCc2ccc(C#N)cc2)n1. The van der Waals surface area contributed by atoms with Gasteiger partial charge in [0.2, 0.25) is 5.95 Å². The lowest BCUT2D eigenvalue weighted by atomic mass is 10.1. The highest BCUT2D eigenvalue weighted by atomic mass is 35.5. The van der Waals surface area contributed by atoms with Crippen LogP contribution in [0.25, 0.3) is 0 Å². The molecule has 0 saturated carbocycles. The van der Waals surface area contributed by atoms with Gasteiger partial charge >= 0.3 is 0 Å². The first kappa shape index (κ1) is 14.1. The van der Waals surface area contributed by atoms with Crippen molar-refractivity contribution < 1.29 is 0 Å². The van der Waals surface area contributed by atoms with Crippen molar-refractivity contribution in [1.82, 2.24) is 9.97 Å². The first-order valence-electron chi connectivity index (χ1n) is 6.22. The Morgan fingerprint density at radius 3 is 2.65 bits per heavy atom. The van der Waals surface area contributed by atoms with Crippen molar-refractivity contribution in [1.29, 1.82) is 5.26 Å². The molecule has 2 N–H and O–H groups in total. The third-order valence-electron chi connectivity index (χ3n) is 2.62. The minimum absolute atomic E-state index is 0.472. The molecule has 0 aliphatic rings. The number of nitriles is 1. The Balaban J connectivity index is 2.05. The number of aromatic nitrogens is 2. The topological polar surface area (TPSA) is 73.6 Å². The number of hydrogen-bond donors (Lipinski definition) is 2. The molecule has 20 heavy (non-hydrogen) atoms. The summed E-state index contributed by atoms with van der Waals surface area (Å²) in [5.41, 5.74) is 1.69. The van der Waals surface area contributed by atoms with E-state index < -0.39 is 0 Å². The van der Waals surface area contributed by atoms with E-state index in [1.807, 2.05) is 19.1 Å². The van der Waals surface area contributed by atoms with Gasteiger partial charge in [-0.2, -0.15) is 10.2 Å². The van der Waals surface area contributed by atoms with Crippen LogP contribution >= 0.6 is 11.6 Å². The van der Waals surface area contributed by atoms with Crippen LogP contribution in [-0.2, 0) is 6.54 Å². The van der Waals surface area contributed by atoms with Gasteiger partial charge in [0.25, 0.3) is 0 Å². The van der Waals surface area contributed by atoms with E-state index in [9.17, 15) is 0 Å². The number of nitrogens with one attached hydrogen (secondary N) is 2. The van der Waals surface area contributed by atoms with E-state index in [4.69, 9.17) is 16.9 Å². The van der Waals surface area contributed by atoms with Gasteiger partial charge in [-0.15, -0.1) is 0 Å². The number of hydrogen-bond acceptors (Lipinski definition) is 5. The van der Waals surface area contributed by atoms with E-state index in [2.05, 4.69) is 26.7 Å². The summed E-state index contributed by atoms with van der Waals surface area (Å²) in [4.78, 5) is 8.37. The highest BCUT2D eigenvalue weighted by Gasteiger charge is 2.04. The van der Waals surface area contributed by atoms with Gasteiger partial charge in [0.1, 0.15) is 5.02 Å². The first-order chi connectivity index (χ1) is 9.72. The summed E-state index contributed by atoms with van der Waals surface area (Å²) in [6, 6.07) is 9.44. The summed E-state index contributed by atoms with van der Waals surface area (Å²) in [6.07, 6.45) is 1.56. The lowest BCUT2D eigenvalue weighted by Crippen LogP contribution is -2.07. The van der Waals surface area contributed by atoms with Gasteiger partial charge in [0.05, 0.1) is 17.8 Å². The van der Waals surface area contributed by atoms with Crippen LogP contribution in [0.3, 0.4) is 0 Å². The molecule has 102 valence electrons. The molecule has 0 bridgehead atoms. The zero-order valence-corrected chi connectivity index (χ0v) is 11.8. The minimum Gasteiger partial charge on any atom is -0.365 e. The fraction of sp³-hybridized carbons (Fsp3) is 0.214. The third kappa shape index (κ3) is 3.59. The fourth-order valence-corrected chi connectivity index (χ4v) is 1.78. The molecule has 0 radical (unpaired) electrons. The van der Waals surface area contributed by atoms with Crippen LogP contribution < -0.4 is 10.6 Å². The smallest absolute Gasteiger partial charge is 0.224 e. The van der Waals surface area contributed by atoms with Crippen molar-refractivity contribution >= 4 is 23.4 Å². The molecule has 0 atom stereocenters. The zero-order chi connectivity index (χ0) is 14.4. The van der Waals surface area contributed by atoms with Crippen LogP contribution in [0.15, 0.2) is 30.5 Å². The molecule has 1 aromatic heterocycles. The van der Waals surface area contributed by atoms with E-state index >= 15 is 0 Å². The van der Waals surface area contributed by atoms with Crippen LogP contribution in [0, 0.1) is 11.3 Å². The highest BCUT2D eigenvalue weighted by Crippen LogP contribution is 2.20. The van der Waals surface area contributed by atoms with Crippen LogP contribution in [0.1, 0.15) is 18.1 Å². The zero-order valence-electron chi connectivity index (χ0n) is 11.0. The normalized spacial score (nSPS) is 9.85. The maximum absolute atomic E-state index is 8.75. The van der Waals surface area contributed by atoms with Crippen LogP contribution in [-0.4, -0.2) is 16.5 Å². The van der Waals surface area contributed by atoms with Crippen molar-refractivity contribution in [3.8, 4) is 6.07 Å². The summed E-state index contributed by atoms with van der Waals surface area (Å²) in [5.74, 6) is 1.13. The standard InChI is InChI=1S/C14H14ClN5/c1-2-17-14-19-9-12(15)13(20-14)18-8-11-5-3-10(7-16)4-6-11/h3-6,9H,2,8H2,1H3,(H2,17,18,19,20). The number of anilines is 2. The molecule has 5 nitrogen and oxygen atoms in total. The van der Waals surface area contributed by atoms with E-state index in [0.717, 1.165) is 12.1 Å². The number of nitrogens with zero attached hydrogens (tertiary/aromatic N) is 3. The molecule has 0 aliphatic carbocycles. The van der Waals surface area contributed by atoms with Gasteiger partial charge in [-0.1, -0.05) is 23.7 Å². The summed E-state index contributed by atoms with van der Waals surface area (Å²) in [6.45, 7) is 3.30. The molecule has 1 aromatic carbocycles. The monoisotopic (exact) mass is 287 g/mol. The minimum atomic E-state index is 0.472. The first-order valence-corrected chi connectivity index (χ1v) is 6.60. The van der Waals surface area contributed by atoms with Gasteiger partial charge in [-0.25, -0.2) is 4.98 Å². The van der Waals surface area contributed by atoms with Crippen LogP contribution in [0.5, 0.6) is 0 Å². The largest absolute Gasteiger partial charge is 0.365 e. The predicted molar refractivity (Wildman–Crippen MR) is 79.7 cm³/mol. The van der Waals surface area contributed by atoms with Gasteiger partial charge in [-0.3, -0.25) is 0 Å². The number of benzene rings is 1. The van der Waals surface area contributed by atoms with Crippen molar-refractivity contribution in [3.05, 3.63) is 46.6 Å². The van der Waals surface area contributed by atoms with Gasteiger partial charge < -0.3 is 10.6 Å². The number of rotatable bonds is 5. The van der Waals surface area contributed by atoms with Gasteiger partial charge in [0, 0.05) is 13.1 Å². The Kier molecular flexibility index (Phi) is 4.75. The van der Waals surface area contributed by atoms with Crippen molar-refractivity contribution in [2.24, 2.45) is 0 Å². The Morgan fingerprint density at radius 2 is 2.00 bits per heavy atom. The quantitative estimate of drug-likeness (QED) is 0.884. The maximum Gasteiger partial charge on any atom is 0.224 e. The highest BCUT2D eigenvalue weighted by molar-refractivity contribution is 6.32. The van der Waals surface area contributed by atoms with E-state index in [-0.39, 0.29) is 0 Å². The summed E-state index contributed by atoms with van der Waals surface area (Å²) in [7, 11) is 0. The Labute approximate surface area is 122 Å². The Bertz CT molecular complexity index is 618. The Hall–Kier alpha value is -2.32. The molecule has 0 saturated heterocycles. The molecule has 2 aromatic rings. The van der Waals surface area contributed by atoms with E-state index in [0.29, 0.717) is 28.9 Å². The molecule has 0 spiro atoms. The van der Waals surface area contributed by atoms with Gasteiger partial charge in [-0.05, 0) is 24.6 Å². The average Bonchev–Trinajstić information content (AvgIpc) is 2.48. The molecule has 0 fully saturated rings. The lowest BCUT2D eigenvalue weighted by Gasteiger charge is -2.09. The second-order valence-corrected chi connectivity index (χ2v) is 4.49. The fourth-order valence-electron chi connectivity index (χ4n) is 1.62. The van der Waals surface area contributed by atoms with E-state index in [1.165, 1.54) is 0 Å². The summed E-state index contributed by atoms with van der Waals surface area (Å²) < 4.78 is 0.